The van der Waals surface area contributed by atoms with Crippen molar-refractivity contribution in [1.29, 1.82) is 0 Å². The number of hydrogen-bond acceptors (Lipinski definition) is 5. The number of carbonyl (C=O) groups is 1. The molecule has 5 nitrogen and oxygen atoms in total. The largest absolute Gasteiger partial charge is 0.439 e. The van der Waals surface area contributed by atoms with E-state index in [2.05, 4.69) is 29.6 Å². The van der Waals surface area contributed by atoms with Crippen LogP contribution in [0.4, 0.5) is 0 Å². The highest BCUT2D eigenvalue weighted by Crippen LogP contribution is 2.53. The molecule has 0 radical (unpaired) electrons. The number of amides is 1. The van der Waals surface area contributed by atoms with Crippen molar-refractivity contribution in [3.05, 3.63) is 118 Å². The maximum atomic E-state index is 13.1. The Morgan fingerprint density at radius 2 is 1.76 bits per heavy atom. The van der Waals surface area contributed by atoms with Crippen LogP contribution in [0.1, 0.15) is 36.1 Å². The van der Waals surface area contributed by atoms with Crippen LogP contribution in [0.2, 0.25) is 0 Å². The van der Waals surface area contributed by atoms with Crippen molar-refractivity contribution < 1.29 is 9.53 Å². The molecule has 3 aliphatic heterocycles. The van der Waals surface area contributed by atoms with Crippen LogP contribution in [0.5, 0.6) is 5.75 Å². The Hall–Kier alpha value is -3.77. The number of allylic oxidation sites excluding steroid dienone is 2. The smallest absolute Gasteiger partial charge is 0.336 e. The van der Waals surface area contributed by atoms with E-state index in [1.165, 1.54) is 11.8 Å². The maximum Gasteiger partial charge on any atom is 0.336 e. The monoisotopic (exact) mass is 465 g/mol. The number of nitrogens with one attached hydrogen (secondary N) is 1. The summed E-state index contributed by atoms with van der Waals surface area (Å²) in [4.78, 5) is 13.7. The number of hydrazone groups is 1. The van der Waals surface area contributed by atoms with Gasteiger partial charge < -0.3 is 4.74 Å². The summed E-state index contributed by atoms with van der Waals surface area (Å²) in [7, 11) is 0. The van der Waals surface area contributed by atoms with Gasteiger partial charge in [-0.1, -0.05) is 84.9 Å². The van der Waals surface area contributed by atoms with Crippen LogP contribution in [0.3, 0.4) is 0 Å². The molecule has 1 amide bonds. The molecule has 1 fully saturated rings. The molecule has 6 rings (SSSR count). The van der Waals surface area contributed by atoms with Gasteiger partial charge in [0.25, 0.3) is 5.91 Å². The number of rotatable bonds is 3. The Bertz CT molecular complexity index is 1350. The Balaban J connectivity index is 1.38. The van der Waals surface area contributed by atoms with E-state index < -0.39 is 5.18 Å². The summed E-state index contributed by atoms with van der Waals surface area (Å²) < 4.78 is 6.47. The molecule has 0 aromatic heterocycles. The first-order chi connectivity index (χ1) is 16.6. The molecule has 3 aliphatic rings. The molecule has 1 N–H and O–H groups in total. The first kappa shape index (κ1) is 20.8. The molecular formula is C28H23N3O2S. The first-order valence-corrected chi connectivity index (χ1v) is 12.1. The zero-order valence-electron chi connectivity index (χ0n) is 18.6. The molecule has 1 spiro atoms. The average Bonchev–Trinajstić information content (AvgIpc) is 3.43. The van der Waals surface area contributed by atoms with Crippen LogP contribution < -0.4 is 10.1 Å². The normalized spacial score (nSPS) is 24.5. The predicted molar refractivity (Wildman–Crippen MR) is 136 cm³/mol. The lowest BCUT2D eigenvalue weighted by Gasteiger charge is -2.43. The van der Waals surface area contributed by atoms with Crippen LogP contribution >= 0.6 is 11.8 Å². The summed E-state index contributed by atoms with van der Waals surface area (Å²) in [6.45, 7) is 2.00. The van der Waals surface area contributed by atoms with Crippen LogP contribution in [-0.2, 0) is 4.79 Å². The Kier molecular flexibility index (Phi) is 5.03. The van der Waals surface area contributed by atoms with E-state index in [-0.39, 0.29) is 11.9 Å². The molecule has 34 heavy (non-hydrogen) atoms. The van der Waals surface area contributed by atoms with Gasteiger partial charge in [0, 0.05) is 12.0 Å². The molecule has 2 atom stereocenters. The summed E-state index contributed by atoms with van der Waals surface area (Å²) in [5, 5.41) is 8.88. The fourth-order valence-electron chi connectivity index (χ4n) is 4.61. The molecule has 6 heteroatoms. The quantitative estimate of drug-likeness (QED) is 0.505. The van der Waals surface area contributed by atoms with E-state index in [9.17, 15) is 4.79 Å². The molecule has 1 saturated heterocycles. The van der Waals surface area contributed by atoms with Gasteiger partial charge in [-0.05, 0) is 47.5 Å². The lowest BCUT2D eigenvalue weighted by molar-refractivity contribution is -0.127. The molecule has 0 bridgehead atoms. The van der Waals surface area contributed by atoms with Gasteiger partial charge >= 0.3 is 5.18 Å². The zero-order chi connectivity index (χ0) is 23.1. The summed E-state index contributed by atoms with van der Waals surface area (Å²) >= 11 is 1.37. The molecule has 3 aromatic carbocycles. The third-order valence-corrected chi connectivity index (χ3v) is 7.31. The fourth-order valence-corrected chi connectivity index (χ4v) is 5.83. The molecule has 0 aliphatic carbocycles. The van der Waals surface area contributed by atoms with E-state index in [0.717, 1.165) is 40.1 Å². The molecule has 0 unspecified atom stereocenters. The Morgan fingerprint density at radius 1 is 1.06 bits per heavy atom. The molecule has 0 saturated carbocycles. The predicted octanol–water partition coefficient (Wildman–Crippen LogP) is 5.69. The van der Waals surface area contributed by atoms with Gasteiger partial charge in [0.15, 0.2) is 0 Å². The summed E-state index contributed by atoms with van der Waals surface area (Å²) in [6.07, 6.45) is 4.72. The van der Waals surface area contributed by atoms with Crippen LogP contribution in [0.25, 0.3) is 6.08 Å². The van der Waals surface area contributed by atoms with Crippen LogP contribution in [0, 0.1) is 0 Å². The highest BCUT2D eigenvalue weighted by atomic mass is 32.2. The number of fused-ring (bicyclic) bond motifs is 4. The van der Waals surface area contributed by atoms with Gasteiger partial charge in [0.2, 0.25) is 0 Å². The molecule has 168 valence electrons. The van der Waals surface area contributed by atoms with Crippen LogP contribution in [0.15, 0.2) is 107 Å². The third-order valence-electron chi connectivity index (χ3n) is 6.14. The highest BCUT2D eigenvalue weighted by Gasteiger charge is 2.57. The number of carbonyl (C=O) groups excluding carboxylic acids is 1. The van der Waals surface area contributed by atoms with E-state index in [0.29, 0.717) is 4.91 Å². The van der Waals surface area contributed by atoms with Crippen molar-refractivity contribution in [3.63, 3.8) is 0 Å². The number of nitrogens with zero attached hydrogens (tertiary/aromatic N) is 2. The van der Waals surface area contributed by atoms with Gasteiger partial charge in [-0.15, -0.1) is 0 Å². The number of ether oxygens (including phenoxy) is 1. The Labute approximate surface area is 202 Å². The fraction of sp³-hybridized carbons (Fsp3) is 0.143. The van der Waals surface area contributed by atoms with Crippen LogP contribution in [-0.4, -0.2) is 21.8 Å². The maximum absolute atomic E-state index is 13.1. The summed E-state index contributed by atoms with van der Waals surface area (Å²) in [6, 6.07) is 28.3. The highest BCUT2D eigenvalue weighted by molar-refractivity contribution is 8.05. The van der Waals surface area contributed by atoms with Crippen molar-refractivity contribution in [2.45, 2.75) is 24.6 Å². The van der Waals surface area contributed by atoms with Crippen molar-refractivity contribution >= 4 is 29.5 Å². The van der Waals surface area contributed by atoms with E-state index in [1.807, 2.05) is 84.7 Å². The van der Waals surface area contributed by atoms with Crippen molar-refractivity contribution in [1.82, 2.24) is 10.3 Å². The Morgan fingerprint density at radius 3 is 2.56 bits per heavy atom. The lowest BCUT2D eigenvalue weighted by atomic mass is 9.97. The number of hydrogen-bond donors (Lipinski definition) is 1. The second-order valence-electron chi connectivity index (χ2n) is 8.56. The SMILES string of the molecule is CC(/C=C1\S[C@]2(NC1=O)Oc1ccccc1[C@@H]1CC(c3ccccc3)=NN12)=C\c1ccccc1. The lowest BCUT2D eigenvalue weighted by Crippen LogP contribution is -2.58. The topological polar surface area (TPSA) is 53.9 Å². The summed E-state index contributed by atoms with van der Waals surface area (Å²) in [5.41, 5.74) is 5.22. The molecule has 3 heterocycles. The van der Waals surface area contributed by atoms with Gasteiger partial charge in [-0.2, -0.15) is 5.10 Å². The minimum absolute atomic E-state index is 0.0201. The summed E-state index contributed by atoms with van der Waals surface area (Å²) in [5.74, 6) is 0.617. The van der Waals surface area contributed by atoms with Gasteiger partial charge in [-0.25, -0.2) is 5.01 Å². The van der Waals surface area contributed by atoms with Gasteiger partial charge in [0.05, 0.1) is 16.7 Å². The molecular weight excluding hydrogens is 442 g/mol. The van der Waals surface area contributed by atoms with Crippen molar-refractivity contribution in [3.8, 4) is 5.75 Å². The van der Waals surface area contributed by atoms with Crippen molar-refractivity contribution in [2.24, 2.45) is 5.10 Å². The minimum Gasteiger partial charge on any atom is -0.439 e. The second-order valence-corrected chi connectivity index (χ2v) is 9.76. The number of thioether (sulfide) groups is 1. The minimum atomic E-state index is -1.12. The number of para-hydroxylation sites is 1. The third kappa shape index (κ3) is 3.60. The van der Waals surface area contributed by atoms with E-state index >= 15 is 0 Å². The standard InChI is InChI=1S/C28H23N3O2S/c1-19(16-20-10-4-2-5-11-20)17-26-27(32)29-28(34-26)31-24(22-14-8-9-15-25(22)33-28)18-23(30-31)21-12-6-3-7-13-21/h2-17,24H,18H2,1H3,(H,29,32)/b19-16+,26-17-/t24-,28-/m0/s1. The molecule has 3 aromatic rings. The van der Waals surface area contributed by atoms with Crippen molar-refractivity contribution in [2.75, 3.05) is 0 Å². The first-order valence-electron chi connectivity index (χ1n) is 11.3. The van der Waals surface area contributed by atoms with E-state index in [4.69, 9.17) is 9.84 Å². The van der Waals surface area contributed by atoms with E-state index in [1.54, 1.807) is 0 Å². The zero-order valence-corrected chi connectivity index (χ0v) is 19.5. The average molecular weight is 466 g/mol. The van der Waals surface area contributed by atoms with Gasteiger partial charge in [-0.3, -0.25) is 10.1 Å². The van der Waals surface area contributed by atoms with Gasteiger partial charge in [0.1, 0.15) is 5.75 Å². The second kappa shape index (κ2) is 8.22. The number of benzene rings is 3.